The molecule has 0 aliphatic carbocycles. The molecule has 1 unspecified atom stereocenters. The highest BCUT2D eigenvalue weighted by molar-refractivity contribution is 5.81. The van der Waals surface area contributed by atoms with Gasteiger partial charge in [-0.15, -0.1) is 0 Å². The first-order valence-corrected chi connectivity index (χ1v) is 7.94. The number of hydrogen-bond acceptors (Lipinski definition) is 3. The van der Waals surface area contributed by atoms with Crippen molar-refractivity contribution in [1.29, 1.82) is 5.26 Å². The van der Waals surface area contributed by atoms with E-state index in [1.54, 1.807) is 4.90 Å². The lowest BCUT2D eigenvalue weighted by atomic mass is 10.0. The molecule has 0 aliphatic rings. The van der Waals surface area contributed by atoms with Crippen molar-refractivity contribution in [2.75, 3.05) is 19.7 Å². The first-order chi connectivity index (χ1) is 10.5. The van der Waals surface area contributed by atoms with Crippen LogP contribution in [0.5, 0.6) is 5.75 Å². The SMILES string of the molecule is CCN(CC)C(=O)C(C#N)CCOc1cccc(C(C)C)c1. The third-order valence-electron chi connectivity index (χ3n) is 3.73. The van der Waals surface area contributed by atoms with Gasteiger partial charge in [0.15, 0.2) is 0 Å². The van der Waals surface area contributed by atoms with Crippen molar-refractivity contribution < 1.29 is 9.53 Å². The van der Waals surface area contributed by atoms with Crippen LogP contribution in [0.1, 0.15) is 45.6 Å². The van der Waals surface area contributed by atoms with E-state index in [9.17, 15) is 10.1 Å². The highest BCUT2D eigenvalue weighted by Gasteiger charge is 2.22. The Hall–Kier alpha value is -2.02. The van der Waals surface area contributed by atoms with Crippen LogP contribution in [0.3, 0.4) is 0 Å². The highest BCUT2D eigenvalue weighted by Crippen LogP contribution is 2.20. The molecule has 0 fully saturated rings. The van der Waals surface area contributed by atoms with Gasteiger partial charge in [-0.3, -0.25) is 4.79 Å². The summed E-state index contributed by atoms with van der Waals surface area (Å²) in [6.07, 6.45) is 0.414. The zero-order valence-electron chi connectivity index (χ0n) is 14.0. The molecule has 0 bridgehead atoms. The van der Waals surface area contributed by atoms with E-state index in [4.69, 9.17) is 4.74 Å². The number of hydrogen-bond donors (Lipinski definition) is 0. The summed E-state index contributed by atoms with van der Waals surface area (Å²) in [4.78, 5) is 13.9. The number of rotatable bonds is 8. The molecule has 120 valence electrons. The molecule has 1 rings (SSSR count). The lowest BCUT2D eigenvalue weighted by Gasteiger charge is -2.21. The Bertz CT molecular complexity index is 516. The first kappa shape index (κ1) is 18.0. The van der Waals surface area contributed by atoms with E-state index in [2.05, 4.69) is 26.0 Å². The van der Waals surface area contributed by atoms with Crippen molar-refractivity contribution in [2.45, 2.75) is 40.0 Å². The van der Waals surface area contributed by atoms with Crippen molar-refractivity contribution in [3.63, 3.8) is 0 Å². The average Bonchev–Trinajstić information content (AvgIpc) is 2.53. The Morgan fingerprint density at radius 1 is 1.32 bits per heavy atom. The fourth-order valence-corrected chi connectivity index (χ4v) is 2.26. The van der Waals surface area contributed by atoms with Crippen LogP contribution in [0.4, 0.5) is 0 Å². The van der Waals surface area contributed by atoms with Gasteiger partial charge < -0.3 is 9.64 Å². The summed E-state index contributed by atoms with van der Waals surface area (Å²) in [5, 5.41) is 9.20. The minimum absolute atomic E-state index is 0.105. The Morgan fingerprint density at radius 3 is 2.55 bits per heavy atom. The van der Waals surface area contributed by atoms with E-state index in [0.717, 1.165) is 5.75 Å². The fraction of sp³-hybridized carbons (Fsp3) is 0.556. The Balaban J connectivity index is 2.56. The van der Waals surface area contributed by atoms with Crippen LogP contribution >= 0.6 is 0 Å². The van der Waals surface area contributed by atoms with Crippen molar-refractivity contribution in [3.05, 3.63) is 29.8 Å². The molecule has 1 aromatic carbocycles. The molecule has 0 saturated carbocycles. The molecule has 0 N–H and O–H groups in total. The lowest BCUT2D eigenvalue weighted by Crippen LogP contribution is -2.36. The zero-order valence-corrected chi connectivity index (χ0v) is 14.0. The van der Waals surface area contributed by atoms with Gasteiger partial charge in [0.25, 0.3) is 0 Å². The molecule has 0 saturated heterocycles. The normalized spacial score (nSPS) is 11.8. The number of carbonyl (C=O) groups excluding carboxylic acids is 1. The van der Waals surface area contributed by atoms with Crippen molar-refractivity contribution in [1.82, 2.24) is 4.90 Å². The summed E-state index contributed by atoms with van der Waals surface area (Å²) < 4.78 is 5.70. The molecule has 0 aromatic heterocycles. The van der Waals surface area contributed by atoms with Gasteiger partial charge >= 0.3 is 0 Å². The topological polar surface area (TPSA) is 53.3 Å². The van der Waals surface area contributed by atoms with E-state index in [1.807, 2.05) is 32.0 Å². The number of nitrogens with zero attached hydrogens (tertiary/aromatic N) is 2. The quantitative estimate of drug-likeness (QED) is 0.737. The Kier molecular flexibility index (Phi) is 7.45. The van der Waals surface area contributed by atoms with E-state index < -0.39 is 5.92 Å². The van der Waals surface area contributed by atoms with Crippen molar-refractivity contribution >= 4 is 5.91 Å². The number of carbonyl (C=O) groups is 1. The van der Waals surface area contributed by atoms with Crippen LogP contribution in [0, 0.1) is 17.2 Å². The maximum absolute atomic E-state index is 12.2. The van der Waals surface area contributed by atoms with Crippen LogP contribution in [0.25, 0.3) is 0 Å². The van der Waals surface area contributed by atoms with Crippen molar-refractivity contribution in [2.24, 2.45) is 5.92 Å². The molecule has 0 heterocycles. The van der Waals surface area contributed by atoms with Gasteiger partial charge in [0.2, 0.25) is 5.91 Å². The molecule has 1 atom stereocenters. The zero-order chi connectivity index (χ0) is 16.5. The third-order valence-corrected chi connectivity index (χ3v) is 3.73. The second-order valence-electron chi connectivity index (χ2n) is 5.56. The number of nitriles is 1. The molecule has 4 heteroatoms. The molecular formula is C18H26N2O2. The standard InChI is InChI=1S/C18H26N2O2/c1-5-20(6-2)18(21)16(13-19)10-11-22-17-9-7-8-15(12-17)14(3)4/h7-9,12,14,16H,5-6,10-11H2,1-4H3. The molecule has 0 aliphatic heterocycles. The summed E-state index contributed by atoms with van der Waals surface area (Å²) in [5.74, 6) is 0.498. The van der Waals surface area contributed by atoms with Crippen LogP contribution in [-0.4, -0.2) is 30.5 Å². The van der Waals surface area contributed by atoms with Gasteiger partial charge in [-0.1, -0.05) is 26.0 Å². The summed E-state index contributed by atoms with van der Waals surface area (Å²) in [6, 6.07) is 10.0. The van der Waals surface area contributed by atoms with E-state index in [-0.39, 0.29) is 5.91 Å². The average molecular weight is 302 g/mol. The number of ether oxygens (including phenoxy) is 1. The molecule has 0 radical (unpaired) electrons. The second kappa shape index (κ2) is 9.09. The largest absolute Gasteiger partial charge is 0.494 e. The molecule has 1 aromatic rings. The Morgan fingerprint density at radius 2 is 2.00 bits per heavy atom. The summed E-state index contributed by atoms with van der Waals surface area (Å²) >= 11 is 0. The third kappa shape index (κ3) is 5.07. The monoisotopic (exact) mass is 302 g/mol. The molecule has 4 nitrogen and oxygen atoms in total. The van der Waals surface area contributed by atoms with Gasteiger partial charge in [-0.05, 0) is 37.5 Å². The Labute approximate surface area is 133 Å². The molecule has 22 heavy (non-hydrogen) atoms. The number of amides is 1. The first-order valence-electron chi connectivity index (χ1n) is 7.94. The van der Waals surface area contributed by atoms with E-state index >= 15 is 0 Å². The summed E-state index contributed by atoms with van der Waals surface area (Å²) in [6.45, 7) is 9.73. The molecule has 1 amide bonds. The highest BCUT2D eigenvalue weighted by atomic mass is 16.5. The maximum atomic E-state index is 12.2. The van der Waals surface area contributed by atoms with Gasteiger partial charge in [-0.2, -0.15) is 5.26 Å². The maximum Gasteiger partial charge on any atom is 0.240 e. The van der Waals surface area contributed by atoms with E-state index in [0.29, 0.717) is 32.0 Å². The fourth-order valence-electron chi connectivity index (χ4n) is 2.26. The predicted molar refractivity (Wildman–Crippen MR) is 87.7 cm³/mol. The van der Waals surface area contributed by atoms with Crippen LogP contribution < -0.4 is 4.74 Å². The summed E-state index contributed by atoms with van der Waals surface area (Å²) in [5.41, 5.74) is 1.22. The molecule has 0 spiro atoms. The second-order valence-corrected chi connectivity index (χ2v) is 5.56. The lowest BCUT2D eigenvalue weighted by molar-refractivity contribution is -0.133. The van der Waals surface area contributed by atoms with Gasteiger partial charge in [0.1, 0.15) is 11.7 Å². The minimum atomic E-state index is -0.631. The minimum Gasteiger partial charge on any atom is -0.494 e. The smallest absolute Gasteiger partial charge is 0.240 e. The summed E-state index contributed by atoms with van der Waals surface area (Å²) in [7, 11) is 0. The number of benzene rings is 1. The van der Waals surface area contributed by atoms with Crippen LogP contribution in [-0.2, 0) is 4.79 Å². The van der Waals surface area contributed by atoms with Crippen LogP contribution in [0.15, 0.2) is 24.3 Å². The molecular weight excluding hydrogens is 276 g/mol. The van der Waals surface area contributed by atoms with Crippen LogP contribution in [0.2, 0.25) is 0 Å². The van der Waals surface area contributed by atoms with E-state index in [1.165, 1.54) is 5.56 Å². The van der Waals surface area contributed by atoms with Gasteiger partial charge in [0.05, 0.1) is 12.7 Å². The van der Waals surface area contributed by atoms with Crippen molar-refractivity contribution in [3.8, 4) is 11.8 Å². The predicted octanol–water partition coefficient (Wildman–Crippen LogP) is 3.59. The van der Waals surface area contributed by atoms with Gasteiger partial charge in [0, 0.05) is 19.5 Å². The van der Waals surface area contributed by atoms with Gasteiger partial charge in [-0.25, -0.2) is 0 Å².